The van der Waals surface area contributed by atoms with Gasteiger partial charge in [-0.1, -0.05) is 72.0 Å². The minimum atomic E-state index is -0.708. The van der Waals surface area contributed by atoms with Crippen LogP contribution in [0.3, 0.4) is 0 Å². The number of hydrogen-bond acceptors (Lipinski definition) is 7. The lowest BCUT2D eigenvalue weighted by Gasteiger charge is -2.25. The summed E-state index contributed by atoms with van der Waals surface area (Å²) in [7, 11) is 1.59. The normalized spacial score (nSPS) is 14.2. The first-order chi connectivity index (χ1) is 21.9. The summed E-state index contributed by atoms with van der Waals surface area (Å²) in [6.45, 7) is 2.09. The van der Waals surface area contributed by atoms with Gasteiger partial charge in [-0.05, 0) is 66.6 Å². The Morgan fingerprint density at radius 1 is 1.00 bits per heavy atom. The van der Waals surface area contributed by atoms with Gasteiger partial charge in [0.05, 0.1) is 40.6 Å². The Morgan fingerprint density at radius 2 is 1.71 bits per heavy atom. The largest absolute Gasteiger partial charge is 0.497 e. The predicted molar refractivity (Wildman–Crippen MR) is 174 cm³/mol. The van der Waals surface area contributed by atoms with Crippen LogP contribution in [0, 0.1) is 11.3 Å². The van der Waals surface area contributed by atoms with Crippen LogP contribution in [0.1, 0.15) is 35.2 Å². The average molecular weight is 613 g/mol. The molecule has 45 heavy (non-hydrogen) atoms. The molecule has 5 aromatic rings. The quantitative estimate of drug-likeness (QED) is 0.255. The lowest BCUT2D eigenvalue weighted by Crippen LogP contribution is -2.40. The van der Waals surface area contributed by atoms with E-state index in [0.29, 0.717) is 50.0 Å². The predicted octanol–water partition coefficient (Wildman–Crippen LogP) is 5.33. The lowest BCUT2D eigenvalue weighted by molar-refractivity contribution is -0.113. The van der Waals surface area contributed by atoms with Crippen LogP contribution >= 0.6 is 11.3 Å². The third kappa shape index (κ3) is 6.18. The molecule has 222 valence electrons. The summed E-state index contributed by atoms with van der Waals surface area (Å²) in [5.74, 6) is 0.942. The highest BCUT2D eigenvalue weighted by atomic mass is 32.1. The van der Waals surface area contributed by atoms with Crippen LogP contribution in [0.4, 0.5) is 5.69 Å². The Bertz CT molecular complexity index is 2130. The second kappa shape index (κ2) is 12.9. The zero-order valence-electron chi connectivity index (χ0n) is 24.6. The van der Waals surface area contributed by atoms with E-state index in [1.165, 1.54) is 11.3 Å². The molecule has 1 aliphatic rings. The fourth-order valence-corrected chi connectivity index (χ4v) is 6.18. The summed E-state index contributed by atoms with van der Waals surface area (Å²) in [6.07, 6.45) is 1.80. The minimum Gasteiger partial charge on any atom is -0.497 e. The zero-order chi connectivity index (χ0) is 31.3. The van der Waals surface area contributed by atoms with E-state index in [4.69, 9.17) is 19.7 Å². The van der Waals surface area contributed by atoms with Gasteiger partial charge in [0.1, 0.15) is 18.1 Å². The van der Waals surface area contributed by atoms with Crippen molar-refractivity contribution in [3.8, 4) is 17.6 Å². The van der Waals surface area contributed by atoms with Gasteiger partial charge in [0.2, 0.25) is 0 Å². The van der Waals surface area contributed by atoms with Crippen LogP contribution in [0.5, 0.6) is 11.5 Å². The third-order valence-electron chi connectivity index (χ3n) is 7.41. The Kier molecular flexibility index (Phi) is 8.40. The molecule has 2 heterocycles. The van der Waals surface area contributed by atoms with Gasteiger partial charge < -0.3 is 14.8 Å². The molecule has 1 aliphatic heterocycles. The molecular formula is C36H28N4O4S. The van der Waals surface area contributed by atoms with Crippen molar-refractivity contribution in [3.05, 3.63) is 156 Å². The summed E-state index contributed by atoms with van der Waals surface area (Å²) in [6, 6.07) is 32.7. The zero-order valence-corrected chi connectivity index (χ0v) is 25.4. The number of methoxy groups -OCH3 is 1. The highest BCUT2D eigenvalue weighted by Gasteiger charge is 2.32. The SMILES string of the molecule is COc1ccc([C@@H]2C(C(=O)Nc3ccccc3)=C(C)N=c3s/c(=C/c4ccccc4OCc4ccc(C#N)cc4)c(=O)n32)cc1. The average Bonchev–Trinajstić information content (AvgIpc) is 3.38. The number of benzene rings is 4. The van der Waals surface area contributed by atoms with E-state index >= 15 is 0 Å². The van der Waals surface area contributed by atoms with Crippen molar-refractivity contribution in [2.45, 2.75) is 19.6 Å². The summed E-state index contributed by atoms with van der Waals surface area (Å²) in [4.78, 5) is 33.1. The van der Waals surface area contributed by atoms with E-state index in [0.717, 1.165) is 16.7 Å². The number of nitriles is 1. The number of para-hydroxylation sites is 2. The van der Waals surface area contributed by atoms with Crippen molar-refractivity contribution in [1.82, 2.24) is 4.57 Å². The second-order valence-corrected chi connectivity index (χ2v) is 11.3. The van der Waals surface area contributed by atoms with Crippen LogP contribution in [-0.4, -0.2) is 17.6 Å². The maximum atomic E-state index is 14.1. The summed E-state index contributed by atoms with van der Waals surface area (Å²) >= 11 is 1.26. The van der Waals surface area contributed by atoms with Crippen molar-refractivity contribution >= 4 is 29.0 Å². The fourth-order valence-electron chi connectivity index (χ4n) is 5.14. The first kappa shape index (κ1) is 29.4. The Labute approximate surface area is 263 Å². The standard InChI is InChI=1S/C36H28N4O4S/c1-23-32(34(41)39-28-9-4-3-5-10-28)33(26-16-18-29(43-2)19-17-26)40-35(42)31(45-36(40)38-23)20-27-8-6-7-11-30(27)44-22-25-14-12-24(21-37)13-15-25/h3-20,33H,22H2,1-2H3,(H,39,41)/b31-20+/t33-/m1/s1. The van der Waals surface area contributed by atoms with Crippen molar-refractivity contribution in [3.63, 3.8) is 0 Å². The number of aromatic nitrogens is 1. The van der Waals surface area contributed by atoms with E-state index in [9.17, 15) is 9.59 Å². The number of carbonyl (C=O) groups is 1. The van der Waals surface area contributed by atoms with Gasteiger partial charge in [0, 0.05) is 11.3 Å². The van der Waals surface area contributed by atoms with Crippen molar-refractivity contribution in [2.75, 3.05) is 12.4 Å². The number of fused-ring (bicyclic) bond motifs is 1. The number of nitrogens with zero attached hydrogens (tertiary/aromatic N) is 3. The molecule has 8 nitrogen and oxygen atoms in total. The van der Waals surface area contributed by atoms with Crippen LogP contribution in [-0.2, 0) is 11.4 Å². The molecule has 0 saturated carbocycles. The van der Waals surface area contributed by atoms with E-state index in [1.807, 2.05) is 91.0 Å². The monoisotopic (exact) mass is 612 g/mol. The molecule has 0 fully saturated rings. The molecule has 1 amide bonds. The topological polar surface area (TPSA) is 106 Å². The number of thiazole rings is 1. The molecular weight excluding hydrogens is 584 g/mol. The van der Waals surface area contributed by atoms with Crippen molar-refractivity contribution < 1.29 is 14.3 Å². The van der Waals surface area contributed by atoms with Gasteiger partial charge in [-0.15, -0.1) is 0 Å². The van der Waals surface area contributed by atoms with Crippen LogP contribution < -0.4 is 29.7 Å². The van der Waals surface area contributed by atoms with Gasteiger partial charge in [0.25, 0.3) is 11.5 Å². The van der Waals surface area contributed by atoms with Gasteiger partial charge in [-0.2, -0.15) is 5.26 Å². The van der Waals surface area contributed by atoms with Crippen molar-refractivity contribution in [1.29, 1.82) is 5.26 Å². The van der Waals surface area contributed by atoms with E-state index in [-0.39, 0.29) is 11.5 Å². The second-order valence-electron chi connectivity index (χ2n) is 10.3. The van der Waals surface area contributed by atoms with Gasteiger partial charge in [0.15, 0.2) is 4.80 Å². The van der Waals surface area contributed by atoms with Crippen LogP contribution in [0.2, 0.25) is 0 Å². The van der Waals surface area contributed by atoms with Crippen molar-refractivity contribution in [2.24, 2.45) is 4.99 Å². The molecule has 0 spiro atoms. The molecule has 0 bridgehead atoms. The number of anilines is 1. The first-order valence-electron chi connectivity index (χ1n) is 14.2. The summed E-state index contributed by atoms with van der Waals surface area (Å²) < 4.78 is 13.5. The Hall–Kier alpha value is -5.72. The molecule has 0 unspecified atom stereocenters. The number of nitrogens with one attached hydrogen (secondary N) is 1. The highest BCUT2D eigenvalue weighted by Crippen LogP contribution is 2.32. The summed E-state index contributed by atoms with van der Waals surface area (Å²) in [5.41, 5.74) is 4.28. The molecule has 4 aromatic carbocycles. The number of rotatable bonds is 8. The molecule has 1 atom stereocenters. The van der Waals surface area contributed by atoms with Gasteiger partial charge in [-0.3, -0.25) is 14.2 Å². The molecule has 9 heteroatoms. The van der Waals surface area contributed by atoms with E-state index in [2.05, 4.69) is 11.4 Å². The first-order valence-corrected chi connectivity index (χ1v) is 15.0. The van der Waals surface area contributed by atoms with E-state index < -0.39 is 6.04 Å². The Morgan fingerprint density at radius 3 is 2.42 bits per heavy atom. The maximum Gasteiger partial charge on any atom is 0.271 e. The van der Waals surface area contributed by atoms with Gasteiger partial charge in [-0.25, -0.2) is 4.99 Å². The molecule has 6 rings (SSSR count). The number of carbonyl (C=O) groups excluding carboxylic acids is 1. The minimum absolute atomic E-state index is 0.265. The molecule has 0 radical (unpaired) electrons. The smallest absolute Gasteiger partial charge is 0.271 e. The molecule has 1 aromatic heterocycles. The van der Waals surface area contributed by atoms with E-state index in [1.54, 1.807) is 36.8 Å². The highest BCUT2D eigenvalue weighted by molar-refractivity contribution is 7.07. The summed E-state index contributed by atoms with van der Waals surface area (Å²) in [5, 5.41) is 12.0. The molecule has 1 N–H and O–H groups in total. The number of allylic oxidation sites excluding steroid dienone is 1. The third-order valence-corrected chi connectivity index (χ3v) is 8.40. The lowest BCUT2D eigenvalue weighted by atomic mass is 9.95. The molecule has 0 saturated heterocycles. The molecule has 0 aliphatic carbocycles. The number of amides is 1. The maximum absolute atomic E-state index is 14.1. The van der Waals surface area contributed by atoms with Gasteiger partial charge >= 0.3 is 0 Å². The van der Waals surface area contributed by atoms with Crippen LogP contribution in [0.25, 0.3) is 6.08 Å². The van der Waals surface area contributed by atoms with Crippen LogP contribution in [0.15, 0.2) is 124 Å². The number of hydrogen-bond donors (Lipinski definition) is 1. The Balaban J connectivity index is 1.40. The fraction of sp³-hybridized carbons (Fsp3) is 0.111. The number of ether oxygens (including phenoxy) is 2.